The molecule has 26 heavy (non-hydrogen) atoms. The highest BCUT2D eigenvalue weighted by Gasteiger charge is 2.10. The van der Waals surface area contributed by atoms with Gasteiger partial charge in [-0.2, -0.15) is 0 Å². The van der Waals surface area contributed by atoms with E-state index in [2.05, 4.69) is 0 Å². The number of carbonyl (C=O) groups excluding carboxylic acids is 1. The lowest BCUT2D eigenvalue weighted by molar-refractivity contribution is -0.384. The van der Waals surface area contributed by atoms with E-state index in [4.69, 9.17) is 9.47 Å². The summed E-state index contributed by atoms with van der Waals surface area (Å²) in [6, 6.07) is 19.4. The molecule has 0 saturated carbocycles. The second-order valence-corrected chi connectivity index (χ2v) is 5.58. The molecule has 0 spiro atoms. The Kier molecular flexibility index (Phi) is 4.94. The molecule has 0 atom stereocenters. The minimum Gasteiger partial charge on any atom is -0.457 e. The van der Waals surface area contributed by atoms with Crippen LogP contribution in [0.15, 0.2) is 72.8 Å². The van der Waals surface area contributed by atoms with Crippen LogP contribution in [0.2, 0.25) is 0 Å². The molecule has 0 saturated heterocycles. The van der Waals surface area contributed by atoms with Gasteiger partial charge in [0.2, 0.25) is 0 Å². The monoisotopic (exact) mass is 349 g/mol. The number of esters is 1. The SMILES string of the molecule is Cc1ccc(C(=O)Oc2cccc(Oc3ccc([N+](=O)[O-])cc3)c2)cc1. The predicted molar refractivity (Wildman–Crippen MR) is 95.7 cm³/mol. The van der Waals surface area contributed by atoms with Crippen molar-refractivity contribution in [1.29, 1.82) is 0 Å². The number of benzene rings is 3. The molecule has 0 aromatic heterocycles. The number of ether oxygens (including phenoxy) is 2. The maximum absolute atomic E-state index is 12.2. The number of rotatable bonds is 5. The number of non-ortho nitro benzene ring substituents is 1. The summed E-state index contributed by atoms with van der Waals surface area (Å²) < 4.78 is 11.0. The zero-order chi connectivity index (χ0) is 18.5. The first kappa shape index (κ1) is 17.2. The lowest BCUT2D eigenvalue weighted by Crippen LogP contribution is -2.08. The Hall–Kier alpha value is -3.67. The molecule has 0 aliphatic carbocycles. The third kappa shape index (κ3) is 4.24. The number of nitro benzene ring substituents is 1. The van der Waals surface area contributed by atoms with Crippen LogP contribution in [-0.2, 0) is 0 Å². The van der Waals surface area contributed by atoms with Crippen molar-refractivity contribution in [3.05, 3.63) is 94.0 Å². The van der Waals surface area contributed by atoms with Crippen molar-refractivity contribution in [3.8, 4) is 17.2 Å². The van der Waals surface area contributed by atoms with Gasteiger partial charge in [0.25, 0.3) is 5.69 Å². The van der Waals surface area contributed by atoms with E-state index in [9.17, 15) is 14.9 Å². The number of carbonyl (C=O) groups is 1. The van der Waals surface area contributed by atoms with Gasteiger partial charge in [0.15, 0.2) is 0 Å². The average Bonchev–Trinajstić information content (AvgIpc) is 2.63. The van der Waals surface area contributed by atoms with E-state index >= 15 is 0 Å². The highest BCUT2D eigenvalue weighted by Crippen LogP contribution is 2.27. The van der Waals surface area contributed by atoms with Crippen molar-refractivity contribution in [2.24, 2.45) is 0 Å². The van der Waals surface area contributed by atoms with E-state index in [0.29, 0.717) is 22.8 Å². The zero-order valence-corrected chi connectivity index (χ0v) is 13.9. The normalized spacial score (nSPS) is 10.2. The summed E-state index contributed by atoms with van der Waals surface area (Å²) in [6.45, 7) is 1.94. The summed E-state index contributed by atoms with van der Waals surface area (Å²) in [5.74, 6) is 0.776. The zero-order valence-electron chi connectivity index (χ0n) is 13.9. The van der Waals surface area contributed by atoms with Crippen molar-refractivity contribution in [3.63, 3.8) is 0 Å². The maximum Gasteiger partial charge on any atom is 0.343 e. The van der Waals surface area contributed by atoms with Crippen molar-refractivity contribution in [1.82, 2.24) is 0 Å². The van der Waals surface area contributed by atoms with E-state index in [-0.39, 0.29) is 5.69 Å². The molecule has 130 valence electrons. The quantitative estimate of drug-likeness (QED) is 0.283. The first-order valence-electron chi connectivity index (χ1n) is 7.82. The largest absolute Gasteiger partial charge is 0.457 e. The molecule has 3 aromatic carbocycles. The van der Waals surface area contributed by atoms with E-state index < -0.39 is 10.9 Å². The summed E-state index contributed by atoms with van der Waals surface area (Å²) in [5, 5.41) is 10.7. The lowest BCUT2D eigenvalue weighted by Gasteiger charge is -2.08. The fraction of sp³-hybridized carbons (Fsp3) is 0.0500. The molecular formula is C20H15NO5. The first-order valence-corrected chi connectivity index (χ1v) is 7.82. The van der Waals surface area contributed by atoms with Crippen LogP contribution < -0.4 is 9.47 Å². The van der Waals surface area contributed by atoms with Crippen LogP contribution in [0.5, 0.6) is 17.2 Å². The van der Waals surface area contributed by atoms with Crippen LogP contribution in [0.4, 0.5) is 5.69 Å². The minimum absolute atomic E-state index is 0.0156. The standard InChI is InChI=1S/C20H15NO5/c1-14-5-7-15(8-6-14)20(22)26-19-4-2-3-18(13-19)25-17-11-9-16(10-12-17)21(23)24/h2-13H,1H3. The van der Waals surface area contributed by atoms with E-state index in [1.165, 1.54) is 24.3 Å². The topological polar surface area (TPSA) is 78.7 Å². The molecule has 0 aliphatic rings. The van der Waals surface area contributed by atoms with Gasteiger partial charge in [0, 0.05) is 18.2 Å². The lowest BCUT2D eigenvalue weighted by atomic mass is 10.1. The molecule has 0 fully saturated rings. The summed E-state index contributed by atoms with van der Waals surface area (Å²) in [4.78, 5) is 22.4. The Morgan fingerprint density at radius 1 is 0.885 bits per heavy atom. The number of aryl methyl sites for hydroxylation is 1. The van der Waals surface area contributed by atoms with E-state index in [1.807, 2.05) is 19.1 Å². The summed E-state index contributed by atoms with van der Waals surface area (Å²) in [5.41, 5.74) is 1.50. The van der Waals surface area contributed by atoms with Gasteiger partial charge in [-0.1, -0.05) is 23.8 Å². The van der Waals surface area contributed by atoms with Gasteiger partial charge >= 0.3 is 5.97 Å². The van der Waals surface area contributed by atoms with Crippen molar-refractivity contribution in [2.75, 3.05) is 0 Å². The number of nitrogens with zero attached hydrogens (tertiary/aromatic N) is 1. The van der Waals surface area contributed by atoms with Gasteiger partial charge in [0.05, 0.1) is 10.5 Å². The maximum atomic E-state index is 12.2. The van der Waals surface area contributed by atoms with Crippen molar-refractivity contribution >= 4 is 11.7 Å². The molecule has 3 rings (SSSR count). The first-order chi connectivity index (χ1) is 12.5. The van der Waals surface area contributed by atoms with Crippen LogP contribution in [0.25, 0.3) is 0 Å². The predicted octanol–water partition coefficient (Wildman–Crippen LogP) is 4.91. The molecule has 0 N–H and O–H groups in total. The Bertz CT molecular complexity index is 933. The Labute approximate surface area is 149 Å². The fourth-order valence-corrected chi connectivity index (χ4v) is 2.23. The van der Waals surface area contributed by atoms with Crippen molar-refractivity contribution in [2.45, 2.75) is 6.92 Å². The molecule has 6 nitrogen and oxygen atoms in total. The number of nitro groups is 1. The molecule has 0 amide bonds. The molecule has 0 aliphatic heterocycles. The smallest absolute Gasteiger partial charge is 0.343 e. The Morgan fingerprint density at radius 3 is 2.19 bits per heavy atom. The molecule has 6 heteroatoms. The summed E-state index contributed by atoms with van der Waals surface area (Å²) >= 11 is 0. The Morgan fingerprint density at radius 2 is 1.54 bits per heavy atom. The third-order valence-corrected chi connectivity index (χ3v) is 3.59. The summed E-state index contributed by atoms with van der Waals surface area (Å²) in [7, 11) is 0. The second kappa shape index (κ2) is 7.48. The highest BCUT2D eigenvalue weighted by atomic mass is 16.6. The van der Waals surface area contributed by atoms with E-state index in [1.54, 1.807) is 36.4 Å². The minimum atomic E-state index is -0.477. The molecule has 3 aromatic rings. The van der Waals surface area contributed by atoms with Gasteiger partial charge in [-0.05, 0) is 43.3 Å². The highest BCUT2D eigenvalue weighted by molar-refractivity contribution is 5.91. The molecule has 0 bridgehead atoms. The third-order valence-electron chi connectivity index (χ3n) is 3.59. The van der Waals surface area contributed by atoms with Gasteiger partial charge in [0.1, 0.15) is 17.2 Å². The van der Waals surface area contributed by atoms with Crippen molar-refractivity contribution < 1.29 is 19.2 Å². The molecule has 0 radical (unpaired) electrons. The van der Waals surface area contributed by atoms with Crippen LogP contribution >= 0.6 is 0 Å². The second-order valence-electron chi connectivity index (χ2n) is 5.58. The van der Waals surface area contributed by atoms with Gasteiger partial charge < -0.3 is 9.47 Å². The van der Waals surface area contributed by atoms with Gasteiger partial charge in [-0.25, -0.2) is 4.79 Å². The van der Waals surface area contributed by atoms with Gasteiger partial charge in [-0.15, -0.1) is 0 Å². The summed E-state index contributed by atoms with van der Waals surface area (Å²) in [6.07, 6.45) is 0. The fourth-order valence-electron chi connectivity index (χ4n) is 2.23. The molecule has 0 heterocycles. The molecule has 0 unspecified atom stereocenters. The average molecular weight is 349 g/mol. The van der Waals surface area contributed by atoms with Crippen LogP contribution in [-0.4, -0.2) is 10.9 Å². The number of hydrogen-bond donors (Lipinski definition) is 0. The Balaban J connectivity index is 1.70. The van der Waals surface area contributed by atoms with E-state index in [0.717, 1.165) is 5.56 Å². The van der Waals surface area contributed by atoms with Crippen LogP contribution in [0.3, 0.4) is 0 Å². The molecular weight excluding hydrogens is 334 g/mol. The van der Waals surface area contributed by atoms with Crippen LogP contribution in [0.1, 0.15) is 15.9 Å². The van der Waals surface area contributed by atoms with Gasteiger partial charge in [-0.3, -0.25) is 10.1 Å². The van der Waals surface area contributed by atoms with Crippen LogP contribution in [0, 0.1) is 17.0 Å². The number of hydrogen-bond acceptors (Lipinski definition) is 5.